The van der Waals surface area contributed by atoms with E-state index in [1.807, 2.05) is 42.6 Å². The SMILES string of the molecule is COC(=O)c1ccc(C)c(NC(=O)c2ccccc2SCc2cccs2)c1. The van der Waals surface area contributed by atoms with Gasteiger partial charge in [0.1, 0.15) is 0 Å². The maximum atomic E-state index is 12.9. The average Bonchev–Trinajstić information content (AvgIpc) is 3.21. The van der Waals surface area contributed by atoms with Crippen molar-refractivity contribution in [3.63, 3.8) is 0 Å². The van der Waals surface area contributed by atoms with E-state index in [1.165, 1.54) is 12.0 Å². The van der Waals surface area contributed by atoms with Gasteiger partial charge in [0, 0.05) is 21.2 Å². The zero-order chi connectivity index (χ0) is 19.2. The van der Waals surface area contributed by atoms with Gasteiger partial charge < -0.3 is 10.1 Å². The molecule has 138 valence electrons. The lowest BCUT2D eigenvalue weighted by atomic mass is 10.1. The number of esters is 1. The Bertz CT molecular complexity index is 952. The molecule has 1 heterocycles. The minimum absolute atomic E-state index is 0.200. The summed E-state index contributed by atoms with van der Waals surface area (Å²) in [6.45, 7) is 1.88. The third-order valence-electron chi connectivity index (χ3n) is 3.99. The first-order chi connectivity index (χ1) is 13.1. The summed E-state index contributed by atoms with van der Waals surface area (Å²) >= 11 is 3.34. The largest absolute Gasteiger partial charge is 0.465 e. The highest BCUT2D eigenvalue weighted by Crippen LogP contribution is 2.29. The summed E-state index contributed by atoms with van der Waals surface area (Å²) in [4.78, 5) is 26.8. The lowest BCUT2D eigenvalue weighted by molar-refractivity contribution is 0.0600. The predicted octanol–water partition coefficient (Wildman–Crippen LogP) is 5.39. The van der Waals surface area contributed by atoms with E-state index in [2.05, 4.69) is 11.4 Å². The quantitative estimate of drug-likeness (QED) is 0.448. The summed E-state index contributed by atoms with van der Waals surface area (Å²) in [5.41, 5.74) is 2.49. The zero-order valence-corrected chi connectivity index (χ0v) is 16.7. The highest BCUT2D eigenvalue weighted by atomic mass is 32.2. The second-order valence-electron chi connectivity index (χ2n) is 5.84. The molecular formula is C21H19NO3S2. The Balaban J connectivity index is 1.79. The van der Waals surface area contributed by atoms with Crippen molar-refractivity contribution in [2.45, 2.75) is 17.6 Å². The van der Waals surface area contributed by atoms with Crippen LogP contribution in [0.15, 0.2) is 64.9 Å². The smallest absolute Gasteiger partial charge is 0.337 e. The Morgan fingerprint density at radius 2 is 1.93 bits per heavy atom. The molecule has 1 amide bonds. The molecular weight excluding hydrogens is 378 g/mol. The number of amides is 1. The van der Waals surface area contributed by atoms with Crippen molar-refractivity contribution in [2.24, 2.45) is 0 Å². The van der Waals surface area contributed by atoms with Crippen LogP contribution < -0.4 is 5.32 Å². The number of thiophene rings is 1. The number of aryl methyl sites for hydroxylation is 1. The number of hydrogen-bond donors (Lipinski definition) is 1. The van der Waals surface area contributed by atoms with Crippen LogP contribution in [-0.2, 0) is 10.5 Å². The molecule has 1 N–H and O–H groups in total. The standard InChI is InChI=1S/C21H19NO3S2/c1-14-9-10-15(21(24)25-2)12-18(14)22-20(23)17-7-3-4-8-19(17)27-13-16-6-5-11-26-16/h3-12H,13H2,1-2H3,(H,22,23). The number of thioether (sulfide) groups is 1. The van der Waals surface area contributed by atoms with Crippen LogP contribution in [-0.4, -0.2) is 19.0 Å². The first kappa shape index (κ1) is 19.2. The van der Waals surface area contributed by atoms with Gasteiger partial charge in [0.2, 0.25) is 0 Å². The van der Waals surface area contributed by atoms with E-state index in [-0.39, 0.29) is 5.91 Å². The van der Waals surface area contributed by atoms with Crippen molar-refractivity contribution in [1.82, 2.24) is 0 Å². The topological polar surface area (TPSA) is 55.4 Å². The molecule has 0 saturated heterocycles. The van der Waals surface area contributed by atoms with Crippen LogP contribution in [0.5, 0.6) is 0 Å². The second-order valence-corrected chi connectivity index (χ2v) is 7.89. The molecule has 0 radical (unpaired) electrons. The Morgan fingerprint density at radius 1 is 1.11 bits per heavy atom. The summed E-state index contributed by atoms with van der Waals surface area (Å²) in [7, 11) is 1.33. The molecule has 27 heavy (non-hydrogen) atoms. The van der Waals surface area contributed by atoms with Gasteiger partial charge in [-0.3, -0.25) is 4.79 Å². The van der Waals surface area contributed by atoms with Crippen LogP contribution in [0.25, 0.3) is 0 Å². The lowest BCUT2D eigenvalue weighted by Gasteiger charge is -2.12. The van der Waals surface area contributed by atoms with Crippen molar-refractivity contribution in [1.29, 1.82) is 0 Å². The number of ether oxygens (including phenoxy) is 1. The molecule has 2 aromatic carbocycles. The van der Waals surface area contributed by atoms with Gasteiger partial charge in [-0.15, -0.1) is 23.1 Å². The number of anilines is 1. The molecule has 0 saturated carbocycles. The van der Waals surface area contributed by atoms with Crippen molar-refractivity contribution < 1.29 is 14.3 Å². The Morgan fingerprint density at radius 3 is 2.67 bits per heavy atom. The van der Waals surface area contributed by atoms with E-state index >= 15 is 0 Å². The van der Waals surface area contributed by atoms with Crippen LogP contribution in [0.4, 0.5) is 5.69 Å². The number of carbonyl (C=O) groups is 2. The maximum absolute atomic E-state index is 12.9. The van der Waals surface area contributed by atoms with E-state index in [0.717, 1.165) is 16.2 Å². The molecule has 6 heteroatoms. The molecule has 0 aliphatic rings. The van der Waals surface area contributed by atoms with Crippen molar-refractivity contribution in [2.75, 3.05) is 12.4 Å². The number of nitrogens with one attached hydrogen (secondary N) is 1. The highest BCUT2D eigenvalue weighted by molar-refractivity contribution is 7.98. The van der Waals surface area contributed by atoms with E-state index in [4.69, 9.17) is 4.74 Å². The van der Waals surface area contributed by atoms with Gasteiger partial charge in [0.15, 0.2) is 0 Å². The summed E-state index contributed by atoms with van der Waals surface area (Å²) in [6.07, 6.45) is 0. The highest BCUT2D eigenvalue weighted by Gasteiger charge is 2.14. The summed E-state index contributed by atoms with van der Waals surface area (Å²) in [5, 5.41) is 4.97. The van der Waals surface area contributed by atoms with E-state index in [9.17, 15) is 9.59 Å². The minimum Gasteiger partial charge on any atom is -0.465 e. The summed E-state index contributed by atoms with van der Waals surface area (Å²) < 4.78 is 4.75. The molecule has 0 fully saturated rings. The molecule has 0 spiro atoms. The molecule has 1 aromatic heterocycles. The molecule has 0 aliphatic carbocycles. The van der Waals surface area contributed by atoms with Crippen molar-refractivity contribution in [3.05, 3.63) is 81.5 Å². The van der Waals surface area contributed by atoms with Gasteiger partial charge in [-0.1, -0.05) is 24.3 Å². The third kappa shape index (κ3) is 4.78. The molecule has 0 aliphatic heterocycles. The van der Waals surface area contributed by atoms with Crippen LogP contribution >= 0.6 is 23.1 Å². The molecule has 3 aromatic rings. The fourth-order valence-electron chi connectivity index (χ4n) is 2.51. The number of methoxy groups -OCH3 is 1. The Hall–Kier alpha value is -2.57. The average molecular weight is 398 g/mol. The second kappa shape index (κ2) is 8.88. The summed E-state index contributed by atoms with van der Waals surface area (Å²) in [5.74, 6) is 0.186. The van der Waals surface area contributed by atoms with Gasteiger partial charge in [0.25, 0.3) is 5.91 Å². The monoisotopic (exact) mass is 397 g/mol. The molecule has 0 unspecified atom stereocenters. The fourth-order valence-corrected chi connectivity index (χ4v) is 4.34. The predicted molar refractivity (Wildman–Crippen MR) is 111 cm³/mol. The van der Waals surface area contributed by atoms with Crippen LogP contribution in [0.1, 0.15) is 31.2 Å². The van der Waals surface area contributed by atoms with E-state index in [1.54, 1.807) is 41.3 Å². The zero-order valence-electron chi connectivity index (χ0n) is 15.0. The normalized spacial score (nSPS) is 10.4. The van der Waals surface area contributed by atoms with E-state index in [0.29, 0.717) is 16.8 Å². The third-order valence-corrected chi connectivity index (χ3v) is 6.17. The Kier molecular flexibility index (Phi) is 6.32. The molecule has 0 atom stereocenters. The minimum atomic E-state index is -0.433. The number of rotatable bonds is 6. The fraction of sp³-hybridized carbons (Fsp3) is 0.143. The maximum Gasteiger partial charge on any atom is 0.337 e. The molecule has 0 bridgehead atoms. The number of benzene rings is 2. The Labute approximate surface area is 166 Å². The first-order valence-corrected chi connectivity index (χ1v) is 10.2. The van der Waals surface area contributed by atoms with Crippen molar-refractivity contribution >= 4 is 40.7 Å². The van der Waals surface area contributed by atoms with Crippen LogP contribution in [0, 0.1) is 6.92 Å². The number of hydrogen-bond acceptors (Lipinski definition) is 5. The van der Waals surface area contributed by atoms with Crippen LogP contribution in [0.3, 0.4) is 0 Å². The van der Waals surface area contributed by atoms with E-state index < -0.39 is 5.97 Å². The van der Waals surface area contributed by atoms with Gasteiger partial charge in [-0.2, -0.15) is 0 Å². The lowest BCUT2D eigenvalue weighted by Crippen LogP contribution is -2.14. The van der Waals surface area contributed by atoms with Gasteiger partial charge in [-0.25, -0.2) is 4.79 Å². The van der Waals surface area contributed by atoms with Gasteiger partial charge >= 0.3 is 5.97 Å². The number of carbonyl (C=O) groups excluding carboxylic acids is 2. The molecule has 3 rings (SSSR count). The van der Waals surface area contributed by atoms with Gasteiger partial charge in [-0.05, 0) is 48.2 Å². The molecule has 4 nitrogen and oxygen atoms in total. The summed E-state index contributed by atoms with van der Waals surface area (Å²) in [6, 6.07) is 16.8. The van der Waals surface area contributed by atoms with Crippen molar-refractivity contribution in [3.8, 4) is 0 Å². The van der Waals surface area contributed by atoms with Gasteiger partial charge in [0.05, 0.1) is 18.2 Å². The first-order valence-electron chi connectivity index (χ1n) is 8.33. The van der Waals surface area contributed by atoms with Crippen LogP contribution in [0.2, 0.25) is 0 Å².